The maximum absolute atomic E-state index is 12.4. The number of ether oxygens (including phenoxy) is 2. The molecule has 1 aliphatic rings. The van der Waals surface area contributed by atoms with Crippen LogP contribution in [0.4, 0.5) is 4.79 Å². The topological polar surface area (TPSA) is 89.7 Å². The third-order valence-corrected chi connectivity index (χ3v) is 5.06. The molecule has 1 saturated heterocycles. The summed E-state index contributed by atoms with van der Waals surface area (Å²) in [5.41, 5.74) is 1.80. The molecule has 0 spiro atoms. The Morgan fingerprint density at radius 1 is 1.19 bits per heavy atom. The molecule has 1 atom stereocenters. The molecular weight excluding hydrogens is 432 g/mol. The summed E-state index contributed by atoms with van der Waals surface area (Å²) in [6.07, 6.45) is 0.491. The number of carbonyl (C=O) groups excluding carboxylic acids is 1. The van der Waals surface area contributed by atoms with Gasteiger partial charge < -0.3 is 24.1 Å². The smallest absolute Gasteiger partial charge is 0.410 e. The van der Waals surface area contributed by atoms with Crippen LogP contribution in [0.25, 0.3) is 11.5 Å². The standard InChI is InChI=1S/C23H26N4O4.ClH/c1-17-25-26-22(31-17)19-8-5-9-21(14-19)29-13-10-20-15-27(12-11-24-20)23(28)30-16-18-6-3-2-4-7-18;/h2-9,14,20,24H,10-13,15-16H2,1H3;1H/t20-;/m1./s1. The predicted octanol–water partition coefficient (Wildman–Crippen LogP) is 3.85. The van der Waals surface area contributed by atoms with E-state index in [0.29, 0.717) is 31.5 Å². The number of halogens is 1. The third kappa shape index (κ3) is 6.45. The molecule has 0 aliphatic carbocycles. The van der Waals surface area contributed by atoms with Crippen molar-refractivity contribution in [3.63, 3.8) is 0 Å². The van der Waals surface area contributed by atoms with E-state index in [-0.39, 0.29) is 31.1 Å². The monoisotopic (exact) mass is 458 g/mol. The number of amides is 1. The molecule has 32 heavy (non-hydrogen) atoms. The van der Waals surface area contributed by atoms with Crippen LogP contribution < -0.4 is 10.1 Å². The Hall–Kier alpha value is -3.10. The van der Waals surface area contributed by atoms with E-state index >= 15 is 0 Å². The Morgan fingerprint density at radius 3 is 2.81 bits per heavy atom. The minimum atomic E-state index is -0.279. The highest BCUT2D eigenvalue weighted by Gasteiger charge is 2.24. The zero-order valence-corrected chi connectivity index (χ0v) is 18.7. The summed E-state index contributed by atoms with van der Waals surface area (Å²) in [5, 5.41) is 11.3. The van der Waals surface area contributed by atoms with E-state index in [1.807, 2.05) is 54.6 Å². The SMILES string of the molecule is Cc1nnc(-c2cccc(OCC[C@@H]3CN(C(=O)OCc4ccccc4)CCN3)c2)o1.Cl. The second kappa shape index (κ2) is 11.5. The fourth-order valence-electron chi connectivity index (χ4n) is 3.45. The number of benzene rings is 2. The summed E-state index contributed by atoms with van der Waals surface area (Å²) in [6, 6.07) is 17.4. The molecule has 1 N–H and O–H groups in total. The van der Waals surface area contributed by atoms with Crippen molar-refractivity contribution in [3.05, 3.63) is 66.1 Å². The molecule has 2 aromatic carbocycles. The van der Waals surface area contributed by atoms with Gasteiger partial charge in [0.2, 0.25) is 11.8 Å². The van der Waals surface area contributed by atoms with Gasteiger partial charge in [-0.2, -0.15) is 0 Å². The van der Waals surface area contributed by atoms with Gasteiger partial charge in [0, 0.05) is 38.2 Å². The first-order valence-corrected chi connectivity index (χ1v) is 10.4. The lowest BCUT2D eigenvalue weighted by molar-refractivity contribution is 0.0827. The van der Waals surface area contributed by atoms with E-state index in [9.17, 15) is 4.79 Å². The van der Waals surface area contributed by atoms with Gasteiger partial charge in [-0.1, -0.05) is 36.4 Å². The van der Waals surface area contributed by atoms with Crippen LogP contribution in [0.3, 0.4) is 0 Å². The molecule has 8 nitrogen and oxygen atoms in total. The quantitative estimate of drug-likeness (QED) is 0.575. The normalized spacial score (nSPS) is 15.7. The Labute approximate surface area is 193 Å². The number of rotatable bonds is 7. The molecule has 1 aliphatic heterocycles. The van der Waals surface area contributed by atoms with Crippen molar-refractivity contribution in [1.82, 2.24) is 20.4 Å². The fourth-order valence-corrected chi connectivity index (χ4v) is 3.45. The van der Waals surface area contributed by atoms with Gasteiger partial charge in [-0.15, -0.1) is 22.6 Å². The van der Waals surface area contributed by atoms with Crippen LogP contribution in [0.5, 0.6) is 5.75 Å². The van der Waals surface area contributed by atoms with Crippen LogP contribution in [0.15, 0.2) is 59.0 Å². The second-order valence-electron chi connectivity index (χ2n) is 7.43. The lowest BCUT2D eigenvalue weighted by Gasteiger charge is -2.33. The molecule has 0 unspecified atom stereocenters. The first-order valence-electron chi connectivity index (χ1n) is 10.4. The van der Waals surface area contributed by atoms with Crippen LogP contribution in [0, 0.1) is 6.92 Å². The summed E-state index contributed by atoms with van der Waals surface area (Å²) >= 11 is 0. The summed E-state index contributed by atoms with van der Waals surface area (Å²) in [4.78, 5) is 14.2. The number of carbonyl (C=O) groups is 1. The van der Waals surface area contributed by atoms with Gasteiger partial charge in [-0.3, -0.25) is 0 Å². The van der Waals surface area contributed by atoms with Crippen molar-refractivity contribution >= 4 is 18.5 Å². The lowest BCUT2D eigenvalue weighted by atomic mass is 10.1. The summed E-state index contributed by atoms with van der Waals surface area (Å²) < 4.78 is 16.8. The number of hydrogen-bond acceptors (Lipinski definition) is 7. The van der Waals surface area contributed by atoms with Gasteiger partial charge in [0.25, 0.3) is 0 Å². The van der Waals surface area contributed by atoms with E-state index in [4.69, 9.17) is 13.9 Å². The van der Waals surface area contributed by atoms with Gasteiger partial charge in [0.15, 0.2) is 0 Å². The van der Waals surface area contributed by atoms with Crippen LogP contribution in [-0.2, 0) is 11.3 Å². The molecule has 3 aromatic rings. The molecule has 1 amide bonds. The summed E-state index contributed by atoms with van der Waals surface area (Å²) in [7, 11) is 0. The van der Waals surface area contributed by atoms with Crippen molar-refractivity contribution in [2.24, 2.45) is 0 Å². The lowest BCUT2D eigenvalue weighted by Crippen LogP contribution is -2.53. The minimum Gasteiger partial charge on any atom is -0.494 e. The largest absolute Gasteiger partial charge is 0.494 e. The highest BCUT2D eigenvalue weighted by Crippen LogP contribution is 2.23. The van der Waals surface area contributed by atoms with Gasteiger partial charge in [0.05, 0.1) is 6.61 Å². The van der Waals surface area contributed by atoms with Crippen LogP contribution in [-0.4, -0.2) is 53.5 Å². The molecule has 1 fully saturated rings. The number of aryl methyl sites for hydroxylation is 1. The molecule has 0 saturated carbocycles. The van der Waals surface area contributed by atoms with E-state index in [1.54, 1.807) is 11.8 Å². The van der Waals surface area contributed by atoms with Gasteiger partial charge >= 0.3 is 6.09 Å². The molecular formula is C23H27ClN4O4. The summed E-state index contributed by atoms with van der Waals surface area (Å²) in [6.45, 7) is 4.53. The van der Waals surface area contributed by atoms with Crippen molar-refractivity contribution in [2.45, 2.75) is 26.0 Å². The second-order valence-corrected chi connectivity index (χ2v) is 7.43. The molecule has 9 heteroatoms. The molecule has 1 aromatic heterocycles. The average Bonchev–Trinajstić information content (AvgIpc) is 3.25. The Bertz CT molecular complexity index is 998. The van der Waals surface area contributed by atoms with Crippen molar-refractivity contribution < 1.29 is 18.7 Å². The van der Waals surface area contributed by atoms with Gasteiger partial charge in [-0.25, -0.2) is 4.79 Å². The third-order valence-electron chi connectivity index (χ3n) is 5.06. The van der Waals surface area contributed by atoms with E-state index < -0.39 is 0 Å². The number of aromatic nitrogens is 2. The van der Waals surface area contributed by atoms with Crippen molar-refractivity contribution in [3.8, 4) is 17.2 Å². The number of hydrogen-bond donors (Lipinski definition) is 1. The Balaban J connectivity index is 0.00000289. The highest BCUT2D eigenvalue weighted by atomic mass is 35.5. The fraction of sp³-hybridized carbons (Fsp3) is 0.348. The average molecular weight is 459 g/mol. The maximum Gasteiger partial charge on any atom is 0.410 e. The van der Waals surface area contributed by atoms with Gasteiger partial charge in [0.1, 0.15) is 12.4 Å². The van der Waals surface area contributed by atoms with E-state index in [0.717, 1.165) is 29.8 Å². The molecule has 0 bridgehead atoms. The number of nitrogens with one attached hydrogen (secondary N) is 1. The van der Waals surface area contributed by atoms with Gasteiger partial charge in [-0.05, 0) is 30.2 Å². The first-order chi connectivity index (χ1) is 15.2. The highest BCUT2D eigenvalue weighted by molar-refractivity contribution is 5.85. The van der Waals surface area contributed by atoms with Crippen LogP contribution in [0.2, 0.25) is 0 Å². The number of piperazine rings is 1. The van der Waals surface area contributed by atoms with E-state index in [2.05, 4.69) is 15.5 Å². The Morgan fingerprint density at radius 2 is 2.03 bits per heavy atom. The zero-order valence-electron chi connectivity index (χ0n) is 17.9. The molecule has 2 heterocycles. The van der Waals surface area contributed by atoms with Crippen LogP contribution in [0.1, 0.15) is 17.9 Å². The van der Waals surface area contributed by atoms with Crippen molar-refractivity contribution in [1.29, 1.82) is 0 Å². The minimum absolute atomic E-state index is 0. The molecule has 170 valence electrons. The van der Waals surface area contributed by atoms with E-state index in [1.165, 1.54) is 0 Å². The van der Waals surface area contributed by atoms with Crippen LogP contribution >= 0.6 is 12.4 Å². The zero-order chi connectivity index (χ0) is 21.5. The predicted molar refractivity (Wildman–Crippen MR) is 122 cm³/mol. The Kier molecular flexibility index (Phi) is 8.47. The molecule has 4 rings (SSSR count). The molecule has 0 radical (unpaired) electrons. The summed E-state index contributed by atoms with van der Waals surface area (Å²) in [5.74, 6) is 1.74. The first kappa shape index (κ1) is 23.6. The van der Waals surface area contributed by atoms with Crippen molar-refractivity contribution in [2.75, 3.05) is 26.2 Å². The number of nitrogens with zero attached hydrogens (tertiary/aromatic N) is 3. The maximum atomic E-state index is 12.4.